The van der Waals surface area contributed by atoms with E-state index in [0.717, 1.165) is 21.9 Å². The Hall–Kier alpha value is -4.40. The number of carbonyl (C=O) groups excluding carboxylic acids is 1. The van der Waals surface area contributed by atoms with E-state index >= 15 is 0 Å². The number of hydrogen-bond donors (Lipinski definition) is 1. The monoisotopic (exact) mass is 517 g/mol. The number of imidazole rings is 1. The third kappa shape index (κ3) is 4.79. The number of amides is 1. The van der Waals surface area contributed by atoms with Gasteiger partial charge in [-0.3, -0.25) is 9.20 Å². The number of alkyl halides is 3. The molecule has 1 amide bonds. The maximum Gasteiger partial charge on any atom is 0.418 e. The Balaban J connectivity index is 1.60. The van der Waals surface area contributed by atoms with E-state index in [1.165, 1.54) is 18.3 Å². The van der Waals surface area contributed by atoms with Crippen molar-refractivity contribution in [3.8, 4) is 16.9 Å². The SMILES string of the molecule is Cc1ccn(-c2cc(C(=O)Nc3c(-c4ccccc4)nc4cc(C(C)(C)C)ccn34)ccc2C(F)(F)F)n1. The predicted molar refractivity (Wildman–Crippen MR) is 141 cm³/mol. The highest BCUT2D eigenvalue weighted by Crippen LogP contribution is 2.35. The first-order valence-electron chi connectivity index (χ1n) is 12.0. The first-order chi connectivity index (χ1) is 17.9. The van der Waals surface area contributed by atoms with Gasteiger partial charge in [0.25, 0.3) is 5.91 Å². The van der Waals surface area contributed by atoms with Crippen molar-refractivity contribution in [3.05, 3.63) is 102 Å². The zero-order valence-corrected chi connectivity index (χ0v) is 21.3. The van der Waals surface area contributed by atoms with E-state index in [-0.39, 0.29) is 16.7 Å². The number of carbonyl (C=O) groups is 1. The van der Waals surface area contributed by atoms with Crippen molar-refractivity contribution in [2.24, 2.45) is 0 Å². The average Bonchev–Trinajstić information content (AvgIpc) is 3.46. The number of aryl methyl sites for hydroxylation is 1. The van der Waals surface area contributed by atoms with Crippen LogP contribution in [0.5, 0.6) is 0 Å². The van der Waals surface area contributed by atoms with Crippen molar-refractivity contribution in [1.29, 1.82) is 0 Å². The normalized spacial score (nSPS) is 12.2. The number of hydrogen-bond acceptors (Lipinski definition) is 3. The quantitative estimate of drug-likeness (QED) is 0.278. The van der Waals surface area contributed by atoms with Crippen LogP contribution in [0.1, 0.15) is 48.0 Å². The van der Waals surface area contributed by atoms with Crippen molar-refractivity contribution >= 4 is 17.4 Å². The number of halogens is 3. The number of pyridine rings is 1. The van der Waals surface area contributed by atoms with Gasteiger partial charge in [-0.25, -0.2) is 9.67 Å². The molecule has 194 valence electrons. The Morgan fingerprint density at radius 2 is 1.66 bits per heavy atom. The topological polar surface area (TPSA) is 64.2 Å². The van der Waals surface area contributed by atoms with Crippen LogP contribution in [0.4, 0.5) is 19.0 Å². The average molecular weight is 518 g/mol. The van der Waals surface area contributed by atoms with E-state index in [1.807, 2.05) is 48.7 Å². The van der Waals surface area contributed by atoms with Gasteiger partial charge >= 0.3 is 6.18 Å². The molecule has 0 aliphatic carbocycles. The predicted octanol–water partition coefficient (Wildman–Crippen LogP) is 7.06. The summed E-state index contributed by atoms with van der Waals surface area (Å²) in [5.41, 5.74) is 2.47. The Morgan fingerprint density at radius 3 is 2.29 bits per heavy atom. The Kier molecular flexibility index (Phi) is 6.09. The molecule has 0 saturated carbocycles. The molecule has 6 nitrogen and oxygen atoms in total. The molecule has 3 heterocycles. The van der Waals surface area contributed by atoms with Gasteiger partial charge in [-0.2, -0.15) is 18.3 Å². The minimum Gasteiger partial charge on any atom is -0.306 e. The summed E-state index contributed by atoms with van der Waals surface area (Å²) >= 11 is 0. The lowest BCUT2D eigenvalue weighted by molar-refractivity contribution is -0.137. The van der Waals surface area contributed by atoms with Crippen molar-refractivity contribution < 1.29 is 18.0 Å². The third-order valence-corrected chi connectivity index (χ3v) is 6.31. The molecule has 0 atom stereocenters. The summed E-state index contributed by atoms with van der Waals surface area (Å²) in [6.07, 6.45) is -1.33. The van der Waals surface area contributed by atoms with Gasteiger partial charge in [-0.15, -0.1) is 0 Å². The minimum atomic E-state index is -4.61. The van der Waals surface area contributed by atoms with Gasteiger partial charge in [-0.1, -0.05) is 51.1 Å². The summed E-state index contributed by atoms with van der Waals surface area (Å²) in [7, 11) is 0. The van der Waals surface area contributed by atoms with Gasteiger partial charge in [-0.05, 0) is 54.3 Å². The zero-order valence-electron chi connectivity index (χ0n) is 21.3. The number of aromatic nitrogens is 4. The molecular formula is C29H26F3N5O. The van der Waals surface area contributed by atoms with E-state index in [0.29, 0.717) is 22.9 Å². The molecular weight excluding hydrogens is 491 g/mol. The maximum absolute atomic E-state index is 13.8. The smallest absolute Gasteiger partial charge is 0.306 e. The summed E-state index contributed by atoms with van der Waals surface area (Å²) in [4.78, 5) is 18.3. The van der Waals surface area contributed by atoms with Gasteiger partial charge in [0.15, 0.2) is 0 Å². The summed E-state index contributed by atoms with van der Waals surface area (Å²) in [6.45, 7) is 7.99. The Labute approximate surface area is 217 Å². The van der Waals surface area contributed by atoms with Gasteiger partial charge in [0.1, 0.15) is 17.2 Å². The third-order valence-electron chi connectivity index (χ3n) is 6.31. The lowest BCUT2D eigenvalue weighted by atomic mass is 9.88. The first kappa shape index (κ1) is 25.3. The molecule has 0 aliphatic heterocycles. The molecule has 3 aromatic heterocycles. The zero-order chi connectivity index (χ0) is 27.2. The minimum absolute atomic E-state index is 0.0569. The van der Waals surface area contributed by atoms with E-state index in [1.54, 1.807) is 17.4 Å². The highest BCUT2D eigenvalue weighted by molar-refractivity contribution is 6.06. The second-order valence-electron chi connectivity index (χ2n) is 10.2. The number of nitrogens with one attached hydrogen (secondary N) is 1. The Morgan fingerprint density at radius 1 is 0.921 bits per heavy atom. The molecule has 0 radical (unpaired) electrons. The summed E-state index contributed by atoms with van der Waals surface area (Å²) in [6, 6.07) is 18.2. The van der Waals surface area contributed by atoms with Crippen LogP contribution in [0.15, 0.2) is 79.1 Å². The molecule has 38 heavy (non-hydrogen) atoms. The molecule has 5 rings (SSSR count). The maximum atomic E-state index is 13.8. The van der Waals surface area contributed by atoms with Crippen LogP contribution in [-0.2, 0) is 11.6 Å². The molecule has 2 aromatic carbocycles. The van der Waals surface area contributed by atoms with Gasteiger partial charge in [0.2, 0.25) is 0 Å². The van der Waals surface area contributed by atoms with Gasteiger partial charge in [0.05, 0.1) is 16.9 Å². The number of rotatable bonds is 4. The fraction of sp³-hybridized carbons (Fsp3) is 0.207. The molecule has 0 saturated heterocycles. The van der Waals surface area contributed by atoms with Crippen molar-refractivity contribution in [2.45, 2.75) is 39.3 Å². The molecule has 0 fully saturated rings. The standard InChI is InChI=1S/C29H26F3N5O/c1-18-12-15-37(35-18)23-16-20(10-11-22(23)29(30,31)32)27(38)34-26-25(19-8-6-5-7-9-19)33-24-17-21(28(2,3)4)13-14-36(24)26/h5-17H,1-4H3,(H,34,38). The molecule has 0 unspecified atom stereocenters. The molecule has 9 heteroatoms. The van der Waals surface area contributed by atoms with Gasteiger partial charge in [0, 0.05) is 23.5 Å². The molecule has 5 aromatic rings. The van der Waals surface area contributed by atoms with Crippen LogP contribution < -0.4 is 5.32 Å². The highest BCUT2D eigenvalue weighted by atomic mass is 19.4. The van der Waals surface area contributed by atoms with E-state index < -0.39 is 17.6 Å². The summed E-state index contributed by atoms with van der Waals surface area (Å²) < 4.78 is 44.2. The summed E-state index contributed by atoms with van der Waals surface area (Å²) in [5, 5.41) is 7.02. The van der Waals surface area contributed by atoms with Crippen LogP contribution in [0.3, 0.4) is 0 Å². The van der Waals surface area contributed by atoms with Crippen LogP contribution >= 0.6 is 0 Å². The number of benzene rings is 2. The van der Waals surface area contributed by atoms with Crippen molar-refractivity contribution in [1.82, 2.24) is 19.2 Å². The Bertz CT molecular complexity index is 1640. The number of fused-ring (bicyclic) bond motifs is 1. The highest BCUT2D eigenvalue weighted by Gasteiger charge is 2.35. The number of nitrogens with zero attached hydrogens (tertiary/aromatic N) is 4. The molecule has 0 spiro atoms. The van der Waals surface area contributed by atoms with Crippen LogP contribution in [0, 0.1) is 6.92 Å². The van der Waals surface area contributed by atoms with Crippen LogP contribution in [0.25, 0.3) is 22.6 Å². The molecule has 0 aliphatic rings. The van der Waals surface area contributed by atoms with Crippen LogP contribution in [0.2, 0.25) is 0 Å². The molecule has 0 bridgehead atoms. The largest absolute Gasteiger partial charge is 0.418 e. The second kappa shape index (κ2) is 9.16. The van der Waals surface area contributed by atoms with Crippen molar-refractivity contribution in [3.63, 3.8) is 0 Å². The first-order valence-corrected chi connectivity index (χ1v) is 12.0. The van der Waals surface area contributed by atoms with Gasteiger partial charge < -0.3 is 5.32 Å². The van der Waals surface area contributed by atoms with E-state index in [9.17, 15) is 18.0 Å². The van der Waals surface area contributed by atoms with E-state index in [4.69, 9.17) is 4.98 Å². The fourth-order valence-electron chi connectivity index (χ4n) is 4.26. The fourth-order valence-corrected chi connectivity index (χ4v) is 4.26. The lowest BCUT2D eigenvalue weighted by Gasteiger charge is -2.19. The molecule has 1 N–H and O–H groups in total. The number of anilines is 1. The lowest BCUT2D eigenvalue weighted by Crippen LogP contribution is -2.17. The van der Waals surface area contributed by atoms with Crippen LogP contribution in [-0.4, -0.2) is 25.1 Å². The van der Waals surface area contributed by atoms with Crippen molar-refractivity contribution in [2.75, 3.05) is 5.32 Å². The second-order valence-corrected chi connectivity index (χ2v) is 10.2. The van der Waals surface area contributed by atoms with E-state index in [2.05, 4.69) is 31.2 Å². The summed E-state index contributed by atoms with van der Waals surface area (Å²) in [5.74, 6) is -0.143.